The van der Waals surface area contributed by atoms with Gasteiger partial charge in [-0.3, -0.25) is 0 Å². The highest BCUT2D eigenvalue weighted by Crippen LogP contribution is 2.18. The van der Waals surface area contributed by atoms with Crippen LogP contribution < -0.4 is 5.73 Å². The van der Waals surface area contributed by atoms with Gasteiger partial charge in [-0.2, -0.15) is 9.40 Å². The molecule has 0 aliphatic rings. The largest absolute Gasteiger partial charge is 0.329 e. The van der Waals surface area contributed by atoms with Gasteiger partial charge in [0.1, 0.15) is 16.4 Å². The van der Waals surface area contributed by atoms with Crippen molar-refractivity contribution in [1.82, 2.24) is 14.1 Å². The molecule has 1 heterocycles. The molecule has 0 spiro atoms. The highest BCUT2D eigenvalue weighted by Gasteiger charge is 2.26. The lowest BCUT2D eigenvalue weighted by Crippen LogP contribution is -2.39. The predicted octanol–water partition coefficient (Wildman–Crippen LogP) is 0.979. The van der Waals surface area contributed by atoms with E-state index in [2.05, 4.69) is 5.10 Å². The number of benzene rings is 1. The van der Waals surface area contributed by atoms with E-state index in [1.165, 1.54) is 40.6 Å². The van der Waals surface area contributed by atoms with Crippen molar-refractivity contribution in [3.63, 3.8) is 0 Å². The molecule has 0 aliphatic carbocycles. The molecule has 0 radical (unpaired) electrons. The van der Waals surface area contributed by atoms with Gasteiger partial charge in [-0.15, -0.1) is 0 Å². The fraction of sp³-hybridized carbons (Fsp3) is 0.308. The number of aromatic nitrogens is 2. The molecule has 1 unspecified atom stereocenters. The molecule has 1 aromatic heterocycles. The lowest BCUT2D eigenvalue weighted by molar-refractivity contribution is 0.394. The standard InChI is InChI=1S/C13H17FN4O2S/c1-10(7-15)17(2)21(19,20)11-8-16-18(9-11)13-6-4-3-5-12(13)14/h3-6,8-10H,7,15H2,1-2H3. The molecule has 0 bridgehead atoms. The predicted molar refractivity (Wildman–Crippen MR) is 77.0 cm³/mol. The second-order valence-electron chi connectivity index (χ2n) is 4.68. The molecule has 2 aromatic rings. The van der Waals surface area contributed by atoms with E-state index < -0.39 is 15.8 Å². The molecule has 0 saturated heterocycles. The van der Waals surface area contributed by atoms with Crippen LogP contribution in [-0.4, -0.2) is 42.1 Å². The van der Waals surface area contributed by atoms with Crippen LogP contribution in [0.3, 0.4) is 0 Å². The van der Waals surface area contributed by atoms with Crippen LogP contribution in [-0.2, 0) is 10.0 Å². The van der Waals surface area contributed by atoms with Crippen LogP contribution in [0.2, 0.25) is 0 Å². The van der Waals surface area contributed by atoms with Gasteiger partial charge >= 0.3 is 0 Å². The zero-order valence-electron chi connectivity index (χ0n) is 11.8. The van der Waals surface area contributed by atoms with Crippen molar-refractivity contribution >= 4 is 10.0 Å². The number of para-hydroxylation sites is 1. The fourth-order valence-corrected chi connectivity index (χ4v) is 3.07. The number of nitrogens with zero attached hydrogens (tertiary/aromatic N) is 3. The summed E-state index contributed by atoms with van der Waals surface area (Å²) in [5, 5.41) is 3.92. The first-order valence-electron chi connectivity index (χ1n) is 6.35. The minimum Gasteiger partial charge on any atom is -0.329 e. The van der Waals surface area contributed by atoms with Gasteiger partial charge in [0.25, 0.3) is 0 Å². The Hall–Kier alpha value is -1.77. The Balaban J connectivity index is 2.39. The van der Waals surface area contributed by atoms with Crippen molar-refractivity contribution in [2.45, 2.75) is 17.9 Å². The first-order chi connectivity index (χ1) is 9.87. The third kappa shape index (κ3) is 2.97. The van der Waals surface area contributed by atoms with Crippen LogP contribution in [0.15, 0.2) is 41.6 Å². The topological polar surface area (TPSA) is 81.2 Å². The average molecular weight is 312 g/mol. The van der Waals surface area contributed by atoms with E-state index in [0.29, 0.717) is 0 Å². The zero-order chi connectivity index (χ0) is 15.6. The Morgan fingerprint density at radius 1 is 1.43 bits per heavy atom. The van der Waals surface area contributed by atoms with E-state index in [1.807, 2.05) is 0 Å². The Morgan fingerprint density at radius 3 is 2.71 bits per heavy atom. The van der Waals surface area contributed by atoms with Crippen LogP contribution in [0.25, 0.3) is 5.69 Å². The van der Waals surface area contributed by atoms with E-state index in [4.69, 9.17) is 5.73 Å². The maximum atomic E-state index is 13.7. The quantitative estimate of drug-likeness (QED) is 0.892. The number of nitrogens with two attached hydrogens (primary N) is 1. The SMILES string of the molecule is CC(CN)N(C)S(=O)(=O)c1cnn(-c2ccccc2F)c1. The normalized spacial score (nSPS) is 13.6. The van der Waals surface area contributed by atoms with Crippen molar-refractivity contribution in [2.24, 2.45) is 5.73 Å². The minimum atomic E-state index is -3.70. The molecule has 21 heavy (non-hydrogen) atoms. The van der Waals surface area contributed by atoms with Gasteiger partial charge in [0, 0.05) is 19.6 Å². The molecule has 114 valence electrons. The molecule has 2 N–H and O–H groups in total. The van der Waals surface area contributed by atoms with Crippen LogP contribution in [0.1, 0.15) is 6.92 Å². The highest BCUT2D eigenvalue weighted by atomic mass is 32.2. The molecule has 6 nitrogen and oxygen atoms in total. The number of sulfonamides is 1. The van der Waals surface area contributed by atoms with Gasteiger partial charge in [0.05, 0.1) is 12.4 Å². The van der Waals surface area contributed by atoms with E-state index in [-0.39, 0.29) is 23.2 Å². The monoisotopic (exact) mass is 312 g/mol. The summed E-state index contributed by atoms with van der Waals surface area (Å²) in [6.07, 6.45) is 2.48. The zero-order valence-corrected chi connectivity index (χ0v) is 12.6. The Morgan fingerprint density at radius 2 is 2.10 bits per heavy atom. The molecular formula is C13H17FN4O2S. The van der Waals surface area contributed by atoms with Crippen molar-refractivity contribution in [3.8, 4) is 5.69 Å². The number of likely N-dealkylation sites (N-methyl/N-ethyl adjacent to an activating group) is 1. The van der Waals surface area contributed by atoms with Crippen molar-refractivity contribution in [3.05, 3.63) is 42.5 Å². The molecule has 8 heteroatoms. The van der Waals surface area contributed by atoms with Crippen LogP contribution >= 0.6 is 0 Å². The Labute approximate surface area is 123 Å². The maximum Gasteiger partial charge on any atom is 0.246 e. The first kappa shape index (κ1) is 15.6. The van der Waals surface area contributed by atoms with Gasteiger partial charge in [-0.05, 0) is 19.1 Å². The van der Waals surface area contributed by atoms with Gasteiger partial charge < -0.3 is 5.73 Å². The number of rotatable bonds is 5. The van der Waals surface area contributed by atoms with E-state index in [1.54, 1.807) is 19.1 Å². The highest BCUT2D eigenvalue weighted by molar-refractivity contribution is 7.89. The van der Waals surface area contributed by atoms with E-state index in [0.717, 1.165) is 0 Å². The lowest BCUT2D eigenvalue weighted by atomic mass is 10.3. The van der Waals surface area contributed by atoms with Crippen LogP contribution in [0.5, 0.6) is 0 Å². The summed E-state index contributed by atoms with van der Waals surface area (Å²) in [5.74, 6) is -0.478. The molecule has 1 aromatic carbocycles. The van der Waals surface area contributed by atoms with Crippen molar-refractivity contribution in [2.75, 3.05) is 13.6 Å². The maximum absolute atomic E-state index is 13.7. The minimum absolute atomic E-state index is 0.00597. The van der Waals surface area contributed by atoms with E-state index in [9.17, 15) is 12.8 Å². The third-order valence-electron chi connectivity index (χ3n) is 3.30. The van der Waals surface area contributed by atoms with Gasteiger partial charge in [0.15, 0.2) is 0 Å². The average Bonchev–Trinajstić information content (AvgIpc) is 2.96. The van der Waals surface area contributed by atoms with Crippen molar-refractivity contribution < 1.29 is 12.8 Å². The molecule has 2 rings (SSSR count). The second-order valence-corrected chi connectivity index (χ2v) is 6.68. The fourth-order valence-electron chi connectivity index (χ4n) is 1.76. The molecule has 0 aliphatic heterocycles. The van der Waals surface area contributed by atoms with Gasteiger partial charge in [-0.1, -0.05) is 12.1 Å². The number of halogens is 1. The molecule has 0 fully saturated rings. The first-order valence-corrected chi connectivity index (χ1v) is 7.79. The summed E-state index contributed by atoms with van der Waals surface area (Å²) in [7, 11) is -2.25. The summed E-state index contributed by atoms with van der Waals surface area (Å²) in [6, 6.07) is 5.67. The third-order valence-corrected chi connectivity index (χ3v) is 5.22. The second kappa shape index (κ2) is 5.92. The van der Waals surface area contributed by atoms with Crippen molar-refractivity contribution in [1.29, 1.82) is 0 Å². The Bertz CT molecular complexity index is 729. The Kier molecular flexibility index (Phi) is 4.40. The summed E-state index contributed by atoms with van der Waals surface area (Å²) in [5.41, 5.74) is 5.68. The summed E-state index contributed by atoms with van der Waals surface area (Å²) in [4.78, 5) is -0.00597. The molecule has 1 atom stereocenters. The molecule has 0 amide bonds. The smallest absolute Gasteiger partial charge is 0.246 e. The molecular weight excluding hydrogens is 295 g/mol. The van der Waals surface area contributed by atoms with E-state index >= 15 is 0 Å². The van der Waals surface area contributed by atoms with Crippen LogP contribution in [0.4, 0.5) is 4.39 Å². The lowest BCUT2D eigenvalue weighted by Gasteiger charge is -2.21. The number of hydrogen-bond donors (Lipinski definition) is 1. The van der Waals surface area contributed by atoms with Gasteiger partial charge in [-0.25, -0.2) is 17.5 Å². The molecule has 0 saturated carbocycles. The van der Waals surface area contributed by atoms with Crippen LogP contribution in [0, 0.1) is 5.82 Å². The number of hydrogen-bond acceptors (Lipinski definition) is 4. The summed E-state index contributed by atoms with van der Waals surface area (Å²) >= 11 is 0. The summed E-state index contributed by atoms with van der Waals surface area (Å²) in [6.45, 7) is 1.91. The summed E-state index contributed by atoms with van der Waals surface area (Å²) < 4.78 is 40.8. The van der Waals surface area contributed by atoms with Gasteiger partial charge in [0.2, 0.25) is 10.0 Å².